The number of aliphatic carboxylic acids is 1. The molecule has 4 nitrogen and oxygen atoms in total. The summed E-state index contributed by atoms with van der Waals surface area (Å²) in [5.41, 5.74) is 0.510. The molecule has 0 spiro atoms. The second kappa shape index (κ2) is 5.37. The van der Waals surface area contributed by atoms with E-state index in [1.54, 1.807) is 6.26 Å². The first kappa shape index (κ1) is 14.1. The second-order valence-corrected chi connectivity index (χ2v) is 6.13. The Morgan fingerprint density at radius 3 is 2.89 bits per heavy atom. The van der Waals surface area contributed by atoms with Crippen molar-refractivity contribution in [2.24, 2.45) is 11.3 Å². The summed E-state index contributed by atoms with van der Waals surface area (Å²) in [5.74, 6) is 0.497. The van der Waals surface area contributed by atoms with Gasteiger partial charge in [0.05, 0.1) is 18.2 Å². The smallest absolute Gasteiger partial charge is 0.309 e. The highest BCUT2D eigenvalue weighted by molar-refractivity contribution is 5.74. The molecule has 1 aliphatic heterocycles. The van der Waals surface area contributed by atoms with E-state index in [-0.39, 0.29) is 5.92 Å². The van der Waals surface area contributed by atoms with Crippen molar-refractivity contribution in [2.75, 3.05) is 13.1 Å². The summed E-state index contributed by atoms with van der Waals surface area (Å²) in [6, 6.07) is 1.97. The largest absolute Gasteiger partial charge is 0.481 e. The van der Waals surface area contributed by atoms with Crippen LogP contribution in [0, 0.1) is 18.3 Å². The summed E-state index contributed by atoms with van der Waals surface area (Å²) in [4.78, 5) is 13.7. The molecule has 0 aliphatic carbocycles. The number of rotatable bonds is 4. The zero-order chi connectivity index (χ0) is 14.0. The van der Waals surface area contributed by atoms with E-state index in [1.807, 2.05) is 26.8 Å². The Bertz CT molecular complexity index is 450. The van der Waals surface area contributed by atoms with E-state index < -0.39 is 11.4 Å². The summed E-state index contributed by atoms with van der Waals surface area (Å²) in [5, 5.41) is 9.34. The van der Waals surface area contributed by atoms with Crippen LogP contribution in [0.25, 0.3) is 0 Å². The fraction of sp³-hybridized carbons (Fsp3) is 0.667. The molecule has 0 radical (unpaired) electrons. The Kier molecular flexibility index (Phi) is 3.99. The van der Waals surface area contributed by atoms with Crippen LogP contribution in [0.15, 0.2) is 16.7 Å². The van der Waals surface area contributed by atoms with Crippen molar-refractivity contribution in [3.63, 3.8) is 0 Å². The number of aryl methyl sites for hydroxylation is 1. The number of carboxylic acid groups (broad SMARTS) is 1. The van der Waals surface area contributed by atoms with Crippen LogP contribution < -0.4 is 0 Å². The van der Waals surface area contributed by atoms with Crippen LogP contribution in [0.4, 0.5) is 0 Å². The fourth-order valence-electron chi connectivity index (χ4n) is 2.73. The van der Waals surface area contributed by atoms with Crippen LogP contribution in [0.3, 0.4) is 0 Å². The molecule has 0 saturated carbocycles. The van der Waals surface area contributed by atoms with Crippen LogP contribution in [-0.2, 0) is 11.3 Å². The van der Waals surface area contributed by atoms with Gasteiger partial charge in [-0.1, -0.05) is 0 Å². The monoisotopic (exact) mass is 265 g/mol. The lowest BCUT2D eigenvalue weighted by atomic mass is 9.74. The molecule has 4 heteroatoms. The molecule has 1 fully saturated rings. The second-order valence-electron chi connectivity index (χ2n) is 6.13. The van der Waals surface area contributed by atoms with Gasteiger partial charge in [-0.3, -0.25) is 9.69 Å². The number of carboxylic acids is 1. The standard InChI is InChI=1S/C15H23NO3/c1-11-6-8-19-13(11)10-16-7-4-5-12(9-16)15(2,3)14(17)18/h6,8,12H,4-5,7,9-10H2,1-3H3,(H,17,18). The van der Waals surface area contributed by atoms with Crippen molar-refractivity contribution in [3.8, 4) is 0 Å². The summed E-state index contributed by atoms with van der Waals surface area (Å²) < 4.78 is 5.48. The van der Waals surface area contributed by atoms with Crippen molar-refractivity contribution in [1.29, 1.82) is 0 Å². The van der Waals surface area contributed by atoms with Crippen LogP contribution in [0.1, 0.15) is 38.0 Å². The van der Waals surface area contributed by atoms with E-state index in [1.165, 1.54) is 5.56 Å². The van der Waals surface area contributed by atoms with Gasteiger partial charge in [0.15, 0.2) is 0 Å². The minimum atomic E-state index is -0.700. The minimum absolute atomic E-state index is 0.203. The highest BCUT2D eigenvalue weighted by Gasteiger charge is 2.39. The lowest BCUT2D eigenvalue weighted by Gasteiger charge is -2.39. The maximum Gasteiger partial charge on any atom is 0.309 e. The average molecular weight is 265 g/mol. The van der Waals surface area contributed by atoms with Crippen LogP contribution in [-0.4, -0.2) is 29.1 Å². The SMILES string of the molecule is Cc1ccoc1CN1CCCC(C(C)(C)C(=O)O)C1. The van der Waals surface area contributed by atoms with E-state index in [9.17, 15) is 9.90 Å². The van der Waals surface area contributed by atoms with Crippen LogP contribution >= 0.6 is 0 Å². The fourth-order valence-corrected chi connectivity index (χ4v) is 2.73. The van der Waals surface area contributed by atoms with E-state index >= 15 is 0 Å². The molecule has 2 heterocycles. The Morgan fingerprint density at radius 2 is 2.32 bits per heavy atom. The Labute approximate surface area is 114 Å². The van der Waals surface area contributed by atoms with Gasteiger partial charge in [-0.15, -0.1) is 0 Å². The van der Waals surface area contributed by atoms with Gasteiger partial charge in [0, 0.05) is 6.54 Å². The molecule has 0 aromatic carbocycles. The van der Waals surface area contributed by atoms with Gasteiger partial charge in [0.25, 0.3) is 0 Å². The molecule has 0 amide bonds. The zero-order valence-electron chi connectivity index (χ0n) is 12.0. The molecule has 1 saturated heterocycles. The molecule has 1 N–H and O–H groups in total. The summed E-state index contributed by atoms with van der Waals surface area (Å²) in [6.45, 7) is 8.35. The van der Waals surface area contributed by atoms with Crippen LogP contribution in [0.5, 0.6) is 0 Å². The molecule has 19 heavy (non-hydrogen) atoms. The van der Waals surface area contributed by atoms with Crippen LogP contribution in [0.2, 0.25) is 0 Å². The maximum atomic E-state index is 11.4. The molecule has 1 aromatic heterocycles. The Morgan fingerprint density at radius 1 is 1.58 bits per heavy atom. The van der Waals surface area contributed by atoms with Gasteiger partial charge in [-0.25, -0.2) is 0 Å². The van der Waals surface area contributed by atoms with Gasteiger partial charge in [0.2, 0.25) is 0 Å². The van der Waals surface area contributed by atoms with E-state index in [2.05, 4.69) is 4.90 Å². The molecule has 1 unspecified atom stereocenters. The van der Waals surface area contributed by atoms with E-state index in [0.29, 0.717) is 0 Å². The number of piperidine rings is 1. The van der Waals surface area contributed by atoms with Crippen molar-refractivity contribution in [3.05, 3.63) is 23.7 Å². The highest BCUT2D eigenvalue weighted by atomic mass is 16.4. The molecular formula is C15H23NO3. The molecule has 1 aromatic rings. The quantitative estimate of drug-likeness (QED) is 0.909. The van der Waals surface area contributed by atoms with Crippen molar-refractivity contribution in [2.45, 2.75) is 40.2 Å². The third kappa shape index (κ3) is 3.00. The molecular weight excluding hydrogens is 242 g/mol. The molecule has 106 valence electrons. The maximum absolute atomic E-state index is 11.4. The van der Waals surface area contributed by atoms with Gasteiger partial charge >= 0.3 is 5.97 Å². The van der Waals surface area contributed by atoms with E-state index in [0.717, 1.165) is 38.2 Å². The first-order chi connectivity index (χ1) is 8.91. The van der Waals surface area contributed by atoms with Crippen molar-refractivity contribution in [1.82, 2.24) is 4.90 Å². The molecule has 2 rings (SSSR count). The number of nitrogens with zero attached hydrogens (tertiary/aromatic N) is 1. The average Bonchev–Trinajstić information content (AvgIpc) is 2.75. The third-order valence-electron chi connectivity index (χ3n) is 4.41. The summed E-state index contributed by atoms with van der Waals surface area (Å²) in [7, 11) is 0. The van der Waals surface area contributed by atoms with Gasteiger partial charge in [-0.05, 0) is 57.7 Å². The summed E-state index contributed by atoms with van der Waals surface area (Å²) in [6.07, 6.45) is 3.77. The van der Waals surface area contributed by atoms with Crippen molar-refractivity contribution < 1.29 is 14.3 Å². The summed E-state index contributed by atoms with van der Waals surface area (Å²) >= 11 is 0. The topological polar surface area (TPSA) is 53.7 Å². The normalized spacial score (nSPS) is 21.5. The zero-order valence-corrected chi connectivity index (χ0v) is 12.0. The third-order valence-corrected chi connectivity index (χ3v) is 4.41. The van der Waals surface area contributed by atoms with Gasteiger partial charge in [0.1, 0.15) is 5.76 Å². The highest BCUT2D eigenvalue weighted by Crippen LogP contribution is 2.34. The lowest BCUT2D eigenvalue weighted by molar-refractivity contribution is -0.151. The lowest BCUT2D eigenvalue weighted by Crippen LogP contribution is -2.44. The molecule has 1 atom stereocenters. The first-order valence-corrected chi connectivity index (χ1v) is 6.90. The Balaban J connectivity index is 2.02. The van der Waals surface area contributed by atoms with Crippen molar-refractivity contribution >= 4 is 5.97 Å². The first-order valence-electron chi connectivity index (χ1n) is 6.90. The molecule has 1 aliphatic rings. The number of hydrogen-bond donors (Lipinski definition) is 1. The molecule has 0 bridgehead atoms. The number of furan rings is 1. The number of hydrogen-bond acceptors (Lipinski definition) is 3. The van der Waals surface area contributed by atoms with Gasteiger partial charge < -0.3 is 9.52 Å². The minimum Gasteiger partial charge on any atom is -0.481 e. The Hall–Kier alpha value is -1.29. The number of likely N-dealkylation sites (tertiary alicyclic amines) is 1. The predicted molar refractivity (Wildman–Crippen MR) is 72.9 cm³/mol. The predicted octanol–water partition coefficient (Wildman–Crippen LogP) is 2.91. The van der Waals surface area contributed by atoms with E-state index in [4.69, 9.17) is 4.42 Å². The van der Waals surface area contributed by atoms with Gasteiger partial charge in [-0.2, -0.15) is 0 Å². The number of carbonyl (C=O) groups is 1.